The van der Waals surface area contributed by atoms with Gasteiger partial charge in [-0.1, -0.05) is 0 Å². The Labute approximate surface area is 154 Å². The number of benzene rings is 1. The molecular formula is C18H16FN5O3. The molecule has 2 aromatic heterocycles. The number of aryl methyl sites for hydroxylation is 1. The van der Waals surface area contributed by atoms with E-state index in [2.05, 4.69) is 5.10 Å². The lowest BCUT2D eigenvalue weighted by Crippen LogP contribution is -2.12. The van der Waals surface area contributed by atoms with Crippen LogP contribution < -0.4 is 10.5 Å². The molecule has 0 atom stereocenters. The number of nitrogens with two attached hydrogens (primary N) is 1. The Balaban J connectivity index is 2.07. The smallest absolute Gasteiger partial charge is 0.357 e. The van der Waals surface area contributed by atoms with E-state index in [1.165, 1.54) is 36.1 Å². The van der Waals surface area contributed by atoms with Gasteiger partial charge in [0.2, 0.25) is 0 Å². The number of methoxy groups -OCH3 is 1. The standard InChI is InChI=1S/C18H16FN5O3/c1-23-8-11(7-22-23)10-27-15-4-3-13(19)5-14(15)24-9-12(6-20)16(21)17(24)18(25)26-2/h3-5,7-9H,10,21H2,1-2H3. The number of carbonyl (C=O) groups is 1. The van der Waals surface area contributed by atoms with Crippen LogP contribution in [0, 0.1) is 17.1 Å². The Morgan fingerprint density at radius 2 is 2.19 bits per heavy atom. The summed E-state index contributed by atoms with van der Waals surface area (Å²) in [7, 11) is 2.97. The maximum absolute atomic E-state index is 13.9. The number of hydrogen-bond acceptors (Lipinski definition) is 6. The van der Waals surface area contributed by atoms with Gasteiger partial charge in [0, 0.05) is 31.1 Å². The van der Waals surface area contributed by atoms with Gasteiger partial charge in [0.25, 0.3) is 0 Å². The van der Waals surface area contributed by atoms with E-state index >= 15 is 0 Å². The molecule has 0 bridgehead atoms. The van der Waals surface area contributed by atoms with Crippen molar-refractivity contribution in [3.63, 3.8) is 0 Å². The van der Waals surface area contributed by atoms with E-state index in [0.29, 0.717) is 5.75 Å². The zero-order valence-electron chi connectivity index (χ0n) is 14.6. The van der Waals surface area contributed by atoms with Crippen molar-refractivity contribution in [1.82, 2.24) is 14.3 Å². The summed E-state index contributed by atoms with van der Waals surface area (Å²) in [6.07, 6.45) is 4.77. The van der Waals surface area contributed by atoms with Crippen LogP contribution in [0.5, 0.6) is 5.75 Å². The highest BCUT2D eigenvalue weighted by Crippen LogP contribution is 2.31. The highest BCUT2D eigenvalue weighted by Gasteiger charge is 2.23. The average molecular weight is 369 g/mol. The molecule has 1 aromatic carbocycles. The Morgan fingerprint density at radius 1 is 1.41 bits per heavy atom. The first-order valence-corrected chi connectivity index (χ1v) is 7.84. The van der Waals surface area contributed by atoms with Crippen molar-refractivity contribution in [2.24, 2.45) is 7.05 Å². The van der Waals surface area contributed by atoms with Crippen molar-refractivity contribution in [2.75, 3.05) is 12.8 Å². The third-order valence-corrected chi connectivity index (χ3v) is 3.88. The molecule has 0 aliphatic carbocycles. The number of hydrogen-bond donors (Lipinski definition) is 1. The summed E-state index contributed by atoms with van der Waals surface area (Å²) in [5, 5.41) is 13.3. The number of rotatable bonds is 5. The molecular weight excluding hydrogens is 353 g/mol. The molecule has 0 aliphatic heterocycles. The molecule has 0 spiro atoms. The van der Waals surface area contributed by atoms with Crippen molar-refractivity contribution in [3.05, 3.63) is 59.4 Å². The largest absolute Gasteiger partial charge is 0.487 e. The molecule has 0 unspecified atom stereocenters. The highest BCUT2D eigenvalue weighted by atomic mass is 19.1. The number of nitrogens with zero attached hydrogens (tertiary/aromatic N) is 4. The van der Waals surface area contributed by atoms with Crippen LogP contribution in [0.15, 0.2) is 36.8 Å². The summed E-state index contributed by atoms with van der Waals surface area (Å²) in [5.74, 6) is -0.998. The van der Waals surface area contributed by atoms with Crippen molar-refractivity contribution in [2.45, 2.75) is 6.61 Å². The fourth-order valence-electron chi connectivity index (χ4n) is 2.61. The molecule has 2 N–H and O–H groups in total. The molecule has 3 aromatic rings. The van der Waals surface area contributed by atoms with Crippen LogP contribution in [0.1, 0.15) is 21.6 Å². The molecule has 0 saturated carbocycles. The van der Waals surface area contributed by atoms with E-state index in [-0.39, 0.29) is 29.2 Å². The Hall–Kier alpha value is -3.80. The maximum atomic E-state index is 13.9. The first kappa shape index (κ1) is 18.0. The lowest BCUT2D eigenvalue weighted by Gasteiger charge is -2.14. The molecule has 8 nitrogen and oxygen atoms in total. The quantitative estimate of drug-likeness (QED) is 0.691. The van der Waals surface area contributed by atoms with Gasteiger partial charge in [-0.2, -0.15) is 10.4 Å². The van der Waals surface area contributed by atoms with E-state index in [0.717, 1.165) is 5.56 Å². The average Bonchev–Trinajstić information content (AvgIpc) is 3.22. The molecule has 0 saturated heterocycles. The predicted molar refractivity (Wildman–Crippen MR) is 93.7 cm³/mol. The molecule has 0 radical (unpaired) electrons. The highest BCUT2D eigenvalue weighted by molar-refractivity contribution is 5.96. The van der Waals surface area contributed by atoms with Crippen molar-refractivity contribution < 1.29 is 18.7 Å². The van der Waals surface area contributed by atoms with E-state index in [9.17, 15) is 14.4 Å². The van der Waals surface area contributed by atoms with Gasteiger partial charge < -0.3 is 19.8 Å². The molecule has 0 aliphatic rings. The Morgan fingerprint density at radius 3 is 2.81 bits per heavy atom. The van der Waals surface area contributed by atoms with E-state index in [1.807, 2.05) is 6.07 Å². The van der Waals surface area contributed by atoms with Crippen LogP contribution in [-0.2, 0) is 18.4 Å². The van der Waals surface area contributed by atoms with Crippen LogP contribution >= 0.6 is 0 Å². The van der Waals surface area contributed by atoms with Crippen LogP contribution in [-0.4, -0.2) is 27.4 Å². The summed E-state index contributed by atoms with van der Waals surface area (Å²) in [6, 6.07) is 5.76. The lowest BCUT2D eigenvalue weighted by molar-refractivity contribution is 0.0593. The van der Waals surface area contributed by atoms with Gasteiger partial charge in [-0.3, -0.25) is 4.68 Å². The summed E-state index contributed by atoms with van der Waals surface area (Å²) in [4.78, 5) is 12.2. The van der Waals surface area contributed by atoms with Gasteiger partial charge in [0.15, 0.2) is 5.69 Å². The van der Waals surface area contributed by atoms with Crippen LogP contribution in [0.25, 0.3) is 5.69 Å². The Bertz CT molecular complexity index is 1050. The fourth-order valence-corrected chi connectivity index (χ4v) is 2.61. The van der Waals surface area contributed by atoms with Crippen LogP contribution in [0.4, 0.5) is 10.1 Å². The van der Waals surface area contributed by atoms with Crippen LogP contribution in [0.3, 0.4) is 0 Å². The zero-order chi connectivity index (χ0) is 19.6. The molecule has 0 fully saturated rings. The lowest BCUT2D eigenvalue weighted by atomic mass is 10.2. The summed E-state index contributed by atoms with van der Waals surface area (Å²) >= 11 is 0. The number of aromatic nitrogens is 3. The predicted octanol–water partition coefficient (Wildman–Crippen LogP) is 2.17. The fraction of sp³-hybridized carbons (Fsp3) is 0.167. The number of ether oxygens (including phenoxy) is 2. The first-order chi connectivity index (χ1) is 12.9. The van der Waals surface area contributed by atoms with Crippen molar-refractivity contribution in [3.8, 4) is 17.5 Å². The number of esters is 1. The second-order valence-corrected chi connectivity index (χ2v) is 5.70. The normalized spacial score (nSPS) is 10.4. The number of nitriles is 1. The topological polar surface area (TPSA) is 108 Å². The van der Waals surface area contributed by atoms with Crippen molar-refractivity contribution >= 4 is 11.7 Å². The SMILES string of the molecule is COC(=O)c1c(N)c(C#N)cn1-c1cc(F)ccc1OCc1cnn(C)c1. The maximum Gasteiger partial charge on any atom is 0.357 e. The van der Waals surface area contributed by atoms with Crippen LogP contribution in [0.2, 0.25) is 0 Å². The van der Waals surface area contributed by atoms with Gasteiger partial charge in [-0.25, -0.2) is 9.18 Å². The molecule has 3 rings (SSSR count). The van der Waals surface area contributed by atoms with E-state index < -0.39 is 11.8 Å². The molecule has 138 valence electrons. The minimum Gasteiger partial charge on any atom is -0.487 e. The Kier molecular flexibility index (Phi) is 4.81. The monoisotopic (exact) mass is 369 g/mol. The number of anilines is 1. The zero-order valence-corrected chi connectivity index (χ0v) is 14.6. The van der Waals surface area contributed by atoms with Gasteiger partial charge in [-0.05, 0) is 12.1 Å². The summed E-state index contributed by atoms with van der Waals surface area (Å²) in [6.45, 7) is 0.182. The molecule has 27 heavy (non-hydrogen) atoms. The molecule has 9 heteroatoms. The van der Waals surface area contributed by atoms with Gasteiger partial charge in [0.1, 0.15) is 24.2 Å². The van der Waals surface area contributed by atoms with Crippen molar-refractivity contribution in [1.29, 1.82) is 5.26 Å². The van der Waals surface area contributed by atoms with Gasteiger partial charge >= 0.3 is 5.97 Å². The molecule has 0 amide bonds. The minimum absolute atomic E-state index is 0.0492. The summed E-state index contributed by atoms with van der Waals surface area (Å²) < 4.78 is 27.4. The van der Waals surface area contributed by atoms with E-state index in [1.54, 1.807) is 24.1 Å². The van der Waals surface area contributed by atoms with Gasteiger partial charge in [0.05, 0.1) is 30.2 Å². The number of nitrogen functional groups attached to an aromatic ring is 1. The third-order valence-electron chi connectivity index (χ3n) is 3.88. The first-order valence-electron chi connectivity index (χ1n) is 7.84. The third kappa shape index (κ3) is 3.46. The van der Waals surface area contributed by atoms with E-state index in [4.69, 9.17) is 15.2 Å². The second-order valence-electron chi connectivity index (χ2n) is 5.70. The molecule has 2 heterocycles. The second kappa shape index (κ2) is 7.21. The minimum atomic E-state index is -0.753. The number of carbonyl (C=O) groups excluding carboxylic acids is 1. The number of halogens is 1. The van der Waals surface area contributed by atoms with Gasteiger partial charge in [-0.15, -0.1) is 0 Å². The summed E-state index contributed by atoms with van der Waals surface area (Å²) in [5.41, 5.74) is 6.86.